The van der Waals surface area contributed by atoms with Gasteiger partial charge in [-0.25, -0.2) is 0 Å². The average Bonchev–Trinajstić information content (AvgIpc) is 3.02. The number of carboxylic acids is 1. The van der Waals surface area contributed by atoms with Crippen LogP contribution in [0.3, 0.4) is 0 Å². The molecule has 46 heavy (non-hydrogen) atoms. The Kier molecular flexibility index (Phi) is 34.8. The summed E-state index contributed by atoms with van der Waals surface area (Å²) in [5, 5.41) is 8.63. The zero-order valence-corrected chi connectivity index (χ0v) is 30.2. The topological polar surface area (TPSA) is 97.7 Å². The second-order valence-electron chi connectivity index (χ2n) is 13.8. The predicted octanol–water partition coefficient (Wildman–Crippen LogP) is 12.4. The molecule has 0 aromatic carbocycles. The molecule has 0 unspecified atom stereocenters. The smallest absolute Gasteiger partial charge is 0.313 e. The van der Waals surface area contributed by atoms with Crippen LogP contribution in [0.15, 0.2) is 0 Å². The van der Waals surface area contributed by atoms with Gasteiger partial charge in [0, 0.05) is 32.1 Å². The molecule has 0 saturated carbocycles. The Balaban J connectivity index is 3.33. The number of carboxylic acid groups (broad SMARTS) is 1. The van der Waals surface area contributed by atoms with Gasteiger partial charge >= 0.3 is 17.9 Å². The van der Waals surface area contributed by atoms with Crippen molar-refractivity contribution in [2.75, 3.05) is 0 Å². The number of esters is 2. The quantitative estimate of drug-likeness (QED) is 0.0408. The van der Waals surface area contributed by atoms with Crippen LogP contribution in [-0.2, 0) is 23.9 Å². The van der Waals surface area contributed by atoms with E-state index in [-0.39, 0.29) is 11.9 Å². The SMILES string of the molecule is CCCCCCCCCCCCCC(=O)OC(=O)CCCCCCCCCCCCC(=O)CCCCCCCCCCCC(=O)O. The second-order valence-corrected chi connectivity index (χ2v) is 13.8. The minimum Gasteiger partial charge on any atom is -0.481 e. The number of rotatable bonds is 37. The third-order valence-electron chi connectivity index (χ3n) is 9.14. The number of carbonyl (C=O) groups excluding carboxylic acids is 3. The molecule has 0 aliphatic carbocycles. The third kappa shape index (κ3) is 36.7. The van der Waals surface area contributed by atoms with Crippen LogP contribution in [0.25, 0.3) is 0 Å². The van der Waals surface area contributed by atoms with Crippen LogP contribution in [0, 0.1) is 0 Å². The van der Waals surface area contributed by atoms with Crippen molar-refractivity contribution in [2.45, 2.75) is 232 Å². The van der Waals surface area contributed by atoms with Gasteiger partial charge in [-0.15, -0.1) is 0 Å². The summed E-state index contributed by atoms with van der Waals surface area (Å²) in [6, 6.07) is 0. The lowest BCUT2D eigenvalue weighted by Crippen LogP contribution is -2.11. The number of ether oxygens (including phenoxy) is 1. The van der Waals surface area contributed by atoms with Crippen LogP contribution in [0.5, 0.6) is 0 Å². The summed E-state index contributed by atoms with van der Waals surface area (Å²) < 4.78 is 4.99. The van der Waals surface area contributed by atoms with Gasteiger partial charge in [-0.1, -0.05) is 167 Å². The van der Waals surface area contributed by atoms with Crippen molar-refractivity contribution >= 4 is 23.7 Å². The van der Waals surface area contributed by atoms with E-state index in [0.29, 0.717) is 25.0 Å². The van der Waals surface area contributed by atoms with Gasteiger partial charge in [-0.2, -0.15) is 0 Å². The van der Waals surface area contributed by atoms with E-state index in [2.05, 4.69) is 6.92 Å². The molecular formula is C40H74O6. The van der Waals surface area contributed by atoms with Crippen LogP contribution < -0.4 is 0 Å². The van der Waals surface area contributed by atoms with Gasteiger partial charge in [-0.05, 0) is 32.1 Å². The van der Waals surface area contributed by atoms with E-state index in [4.69, 9.17) is 9.84 Å². The van der Waals surface area contributed by atoms with Gasteiger partial charge in [0.15, 0.2) is 0 Å². The van der Waals surface area contributed by atoms with Gasteiger partial charge in [-0.3, -0.25) is 19.2 Å². The zero-order chi connectivity index (χ0) is 33.8. The highest BCUT2D eigenvalue weighted by molar-refractivity contribution is 5.85. The van der Waals surface area contributed by atoms with E-state index in [0.717, 1.165) is 89.9 Å². The monoisotopic (exact) mass is 651 g/mol. The molecule has 0 rings (SSSR count). The highest BCUT2D eigenvalue weighted by Crippen LogP contribution is 2.16. The number of carbonyl (C=O) groups is 4. The summed E-state index contributed by atoms with van der Waals surface area (Å²) >= 11 is 0. The number of aliphatic carboxylic acids is 1. The van der Waals surface area contributed by atoms with Gasteiger partial charge in [0.2, 0.25) is 0 Å². The summed E-state index contributed by atoms with van der Waals surface area (Å²) in [4.78, 5) is 46.4. The lowest BCUT2D eigenvalue weighted by Gasteiger charge is -2.05. The molecule has 0 fully saturated rings. The summed E-state index contributed by atoms with van der Waals surface area (Å²) in [6.45, 7) is 2.25. The van der Waals surface area contributed by atoms with Gasteiger partial charge in [0.05, 0.1) is 0 Å². The summed E-state index contributed by atoms with van der Waals surface area (Å²) in [6.07, 6.45) is 37.3. The van der Waals surface area contributed by atoms with Crippen LogP contribution in [-0.4, -0.2) is 28.8 Å². The average molecular weight is 651 g/mol. The summed E-state index contributed by atoms with van der Waals surface area (Å²) in [5.74, 6) is -0.979. The fourth-order valence-electron chi connectivity index (χ4n) is 6.13. The predicted molar refractivity (Wildman–Crippen MR) is 191 cm³/mol. The first-order valence-electron chi connectivity index (χ1n) is 19.9. The molecule has 0 aliphatic heterocycles. The maximum atomic E-state index is 12.1. The first-order valence-corrected chi connectivity index (χ1v) is 19.9. The molecular weight excluding hydrogens is 576 g/mol. The Morgan fingerprint density at radius 3 is 0.870 bits per heavy atom. The molecule has 270 valence electrons. The highest BCUT2D eigenvalue weighted by atomic mass is 16.6. The maximum absolute atomic E-state index is 12.1. The lowest BCUT2D eigenvalue weighted by molar-refractivity contribution is -0.159. The number of ketones is 1. The highest BCUT2D eigenvalue weighted by Gasteiger charge is 2.10. The number of Topliss-reactive ketones (excluding diaryl/α,β-unsaturated/α-hetero) is 1. The molecule has 0 heterocycles. The molecule has 0 radical (unpaired) electrons. The van der Waals surface area contributed by atoms with Crippen molar-refractivity contribution in [2.24, 2.45) is 0 Å². The van der Waals surface area contributed by atoms with E-state index < -0.39 is 5.97 Å². The largest absolute Gasteiger partial charge is 0.481 e. The van der Waals surface area contributed by atoms with Crippen LogP contribution >= 0.6 is 0 Å². The third-order valence-corrected chi connectivity index (χ3v) is 9.14. The molecule has 6 heteroatoms. The lowest BCUT2D eigenvalue weighted by atomic mass is 10.0. The minimum atomic E-state index is -0.692. The number of unbranched alkanes of at least 4 members (excludes halogenated alkanes) is 27. The van der Waals surface area contributed by atoms with Crippen molar-refractivity contribution < 1.29 is 29.0 Å². The van der Waals surface area contributed by atoms with E-state index in [1.807, 2.05) is 0 Å². The van der Waals surface area contributed by atoms with E-state index in [1.54, 1.807) is 0 Å². The first kappa shape index (κ1) is 44.3. The zero-order valence-electron chi connectivity index (χ0n) is 30.2. The van der Waals surface area contributed by atoms with Crippen LogP contribution in [0.1, 0.15) is 232 Å². The molecule has 0 amide bonds. The summed E-state index contributed by atoms with van der Waals surface area (Å²) in [7, 11) is 0. The van der Waals surface area contributed by atoms with E-state index in [9.17, 15) is 19.2 Å². The molecule has 0 spiro atoms. The Bertz CT molecular complexity index is 719. The first-order chi connectivity index (χ1) is 22.5. The van der Waals surface area contributed by atoms with Gasteiger partial charge < -0.3 is 9.84 Å². The van der Waals surface area contributed by atoms with Crippen molar-refractivity contribution in [3.63, 3.8) is 0 Å². The Morgan fingerprint density at radius 1 is 0.348 bits per heavy atom. The molecule has 6 nitrogen and oxygen atoms in total. The van der Waals surface area contributed by atoms with Crippen LogP contribution in [0.4, 0.5) is 0 Å². The Labute approximate surface area is 284 Å². The van der Waals surface area contributed by atoms with Gasteiger partial charge in [0.25, 0.3) is 0 Å². The normalized spacial score (nSPS) is 11.2. The van der Waals surface area contributed by atoms with Crippen molar-refractivity contribution in [3.8, 4) is 0 Å². The number of hydrogen-bond acceptors (Lipinski definition) is 5. The molecule has 0 aromatic heterocycles. The van der Waals surface area contributed by atoms with E-state index >= 15 is 0 Å². The number of hydrogen-bond donors (Lipinski definition) is 1. The van der Waals surface area contributed by atoms with Crippen molar-refractivity contribution in [3.05, 3.63) is 0 Å². The fourth-order valence-corrected chi connectivity index (χ4v) is 6.13. The fraction of sp³-hybridized carbons (Fsp3) is 0.900. The maximum Gasteiger partial charge on any atom is 0.313 e. The molecule has 0 atom stereocenters. The Hall–Kier alpha value is -1.72. The molecule has 0 bridgehead atoms. The Morgan fingerprint density at radius 2 is 0.587 bits per heavy atom. The standard InChI is InChI=1S/C40H74O6/c1-2-3-4-5-6-7-8-15-20-25-30-35-39(44)46-40(45)36-31-26-21-16-10-9-12-17-22-27-32-37(41)33-28-23-18-13-11-14-19-24-29-34-38(42)43/h2-36H2,1H3,(H,42,43). The second kappa shape index (κ2) is 36.1. The van der Waals surface area contributed by atoms with Crippen LogP contribution in [0.2, 0.25) is 0 Å². The minimum absolute atomic E-state index is 0.295. The van der Waals surface area contributed by atoms with Crippen molar-refractivity contribution in [1.29, 1.82) is 0 Å². The van der Waals surface area contributed by atoms with E-state index in [1.165, 1.54) is 116 Å². The molecule has 0 aliphatic rings. The molecule has 0 saturated heterocycles. The molecule has 1 N–H and O–H groups in total. The van der Waals surface area contributed by atoms with Gasteiger partial charge in [0.1, 0.15) is 5.78 Å². The summed E-state index contributed by atoms with van der Waals surface area (Å²) in [5.41, 5.74) is 0. The van der Waals surface area contributed by atoms with Crippen molar-refractivity contribution in [1.82, 2.24) is 0 Å². The molecule has 0 aromatic rings.